The van der Waals surface area contributed by atoms with E-state index in [1.54, 1.807) is 6.20 Å². The molecule has 0 bridgehead atoms. The molecule has 3 nitrogen and oxygen atoms in total. The van der Waals surface area contributed by atoms with E-state index in [9.17, 15) is 4.79 Å². The fourth-order valence-electron chi connectivity index (χ4n) is 1.80. The summed E-state index contributed by atoms with van der Waals surface area (Å²) in [6, 6.07) is 5.55. The van der Waals surface area contributed by atoms with Gasteiger partial charge in [-0.3, -0.25) is 9.78 Å². The van der Waals surface area contributed by atoms with Gasteiger partial charge in [-0.2, -0.15) is 0 Å². The van der Waals surface area contributed by atoms with E-state index >= 15 is 0 Å². The molecule has 0 fully saturated rings. The number of carbonyl (C=O) groups excluding carboxylic acids is 1. The van der Waals surface area contributed by atoms with Gasteiger partial charge in [-0.05, 0) is 47.2 Å². The minimum absolute atomic E-state index is 0.0131. The molecule has 0 aliphatic heterocycles. The van der Waals surface area contributed by atoms with Crippen molar-refractivity contribution >= 4 is 50.9 Å². The standard InChI is InChI=1S/C15H15ClINO2/c1-3-9(2)13(19)8-20-15-12(17)7-11(16)10-5-4-6-18-14(10)15/h4-7,9H,3,8H2,1-2H3. The highest BCUT2D eigenvalue weighted by molar-refractivity contribution is 14.1. The zero-order chi connectivity index (χ0) is 14.7. The Balaban J connectivity index is 2.33. The van der Waals surface area contributed by atoms with E-state index < -0.39 is 0 Å². The number of ketones is 1. The van der Waals surface area contributed by atoms with Crippen LogP contribution in [0.25, 0.3) is 10.9 Å². The molecule has 5 heteroatoms. The Bertz CT molecular complexity index is 645. The first-order chi connectivity index (χ1) is 9.54. The summed E-state index contributed by atoms with van der Waals surface area (Å²) < 4.78 is 6.57. The minimum Gasteiger partial charge on any atom is -0.482 e. The van der Waals surface area contributed by atoms with Gasteiger partial charge in [-0.15, -0.1) is 0 Å². The first kappa shape index (κ1) is 15.5. The fourth-order valence-corrected chi connectivity index (χ4v) is 2.97. The number of rotatable bonds is 5. The second kappa shape index (κ2) is 6.72. The summed E-state index contributed by atoms with van der Waals surface area (Å²) in [6.45, 7) is 3.97. The lowest BCUT2D eigenvalue weighted by Crippen LogP contribution is -2.19. The average Bonchev–Trinajstić information content (AvgIpc) is 2.45. The van der Waals surface area contributed by atoms with Gasteiger partial charge in [0.15, 0.2) is 11.5 Å². The monoisotopic (exact) mass is 403 g/mol. The lowest BCUT2D eigenvalue weighted by Gasteiger charge is -2.13. The maximum atomic E-state index is 11.9. The number of aromatic nitrogens is 1. The molecule has 0 radical (unpaired) electrons. The molecule has 0 saturated carbocycles. The van der Waals surface area contributed by atoms with Crippen molar-refractivity contribution in [1.82, 2.24) is 4.98 Å². The fraction of sp³-hybridized carbons (Fsp3) is 0.333. The first-order valence-electron chi connectivity index (χ1n) is 6.42. The van der Waals surface area contributed by atoms with Crippen LogP contribution in [0, 0.1) is 9.49 Å². The van der Waals surface area contributed by atoms with Crippen LogP contribution in [0.15, 0.2) is 24.4 Å². The molecular formula is C15H15ClINO2. The second-order valence-electron chi connectivity index (χ2n) is 4.63. The largest absolute Gasteiger partial charge is 0.482 e. The van der Waals surface area contributed by atoms with Gasteiger partial charge < -0.3 is 4.74 Å². The summed E-state index contributed by atoms with van der Waals surface area (Å²) >= 11 is 8.35. The van der Waals surface area contributed by atoms with E-state index in [1.165, 1.54) is 0 Å². The van der Waals surface area contributed by atoms with Crippen molar-refractivity contribution in [2.75, 3.05) is 6.61 Å². The zero-order valence-corrected chi connectivity index (χ0v) is 14.2. The van der Waals surface area contributed by atoms with E-state index in [2.05, 4.69) is 27.6 Å². The maximum Gasteiger partial charge on any atom is 0.172 e. The molecule has 1 aromatic heterocycles. The smallest absolute Gasteiger partial charge is 0.172 e. The number of hydrogen-bond donors (Lipinski definition) is 0. The van der Waals surface area contributed by atoms with Crippen LogP contribution in [0.5, 0.6) is 5.75 Å². The van der Waals surface area contributed by atoms with Crippen molar-refractivity contribution in [2.24, 2.45) is 5.92 Å². The highest BCUT2D eigenvalue weighted by atomic mass is 127. The predicted molar refractivity (Wildman–Crippen MR) is 89.4 cm³/mol. The number of pyridine rings is 1. The number of carbonyl (C=O) groups is 1. The number of fused-ring (bicyclic) bond motifs is 1. The Morgan fingerprint density at radius 3 is 3.00 bits per heavy atom. The third-order valence-electron chi connectivity index (χ3n) is 3.27. The van der Waals surface area contributed by atoms with E-state index in [0.29, 0.717) is 16.3 Å². The molecule has 0 aliphatic rings. The molecule has 2 rings (SSSR count). The summed E-state index contributed by atoms with van der Waals surface area (Å²) in [5, 5.41) is 1.47. The number of nitrogens with zero attached hydrogens (tertiary/aromatic N) is 1. The molecule has 0 N–H and O–H groups in total. The molecule has 1 unspecified atom stereocenters. The van der Waals surface area contributed by atoms with Crippen LogP contribution in [0.4, 0.5) is 0 Å². The van der Waals surface area contributed by atoms with Crippen LogP contribution in [0.3, 0.4) is 0 Å². The normalized spacial score (nSPS) is 12.4. The molecular weight excluding hydrogens is 389 g/mol. The highest BCUT2D eigenvalue weighted by Gasteiger charge is 2.16. The topological polar surface area (TPSA) is 39.2 Å². The Kier molecular flexibility index (Phi) is 5.21. The Hall–Kier alpha value is -0.880. The third kappa shape index (κ3) is 3.23. The van der Waals surface area contributed by atoms with Gasteiger partial charge in [0.1, 0.15) is 12.1 Å². The maximum absolute atomic E-state index is 11.9. The molecule has 1 atom stereocenters. The van der Waals surface area contributed by atoms with Crippen molar-refractivity contribution in [2.45, 2.75) is 20.3 Å². The van der Waals surface area contributed by atoms with Crippen LogP contribution in [-0.4, -0.2) is 17.4 Å². The zero-order valence-electron chi connectivity index (χ0n) is 11.3. The summed E-state index contributed by atoms with van der Waals surface area (Å²) in [5.74, 6) is 0.740. The number of halogens is 2. The van der Waals surface area contributed by atoms with Gasteiger partial charge in [-0.25, -0.2) is 0 Å². The van der Waals surface area contributed by atoms with Crippen molar-refractivity contribution in [1.29, 1.82) is 0 Å². The molecule has 0 spiro atoms. The van der Waals surface area contributed by atoms with Crippen molar-refractivity contribution in [3.8, 4) is 5.75 Å². The van der Waals surface area contributed by atoms with E-state index in [-0.39, 0.29) is 18.3 Å². The second-order valence-corrected chi connectivity index (χ2v) is 6.20. The molecule has 0 aliphatic carbocycles. The van der Waals surface area contributed by atoms with Gasteiger partial charge in [0.25, 0.3) is 0 Å². The Morgan fingerprint density at radius 2 is 2.30 bits per heavy atom. The summed E-state index contributed by atoms with van der Waals surface area (Å²) in [6.07, 6.45) is 2.51. The number of Topliss-reactive ketones (excluding diaryl/α,β-unsaturated/α-hetero) is 1. The minimum atomic E-state index is 0.0131. The van der Waals surface area contributed by atoms with Crippen LogP contribution >= 0.6 is 34.2 Å². The predicted octanol–water partition coefficient (Wildman–Crippen LogP) is 4.49. The van der Waals surface area contributed by atoms with Crippen molar-refractivity contribution in [3.05, 3.63) is 33.0 Å². The number of hydrogen-bond acceptors (Lipinski definition) is 3. The van der Waals surface area contributed by atoms with Crippen LogP contribution in [0.2, 0.25) is 5.02 Å². The van der Waals surface area contributed by atoms with Gasteiger partial charge in [-0.1, -0.05) is 25.4 Å². The Morgan fingerprint density at radius 1 is 1.55 bits per heavy atom. The lowest BCUT2D eigenvalue weighted by molar-refractivity contribution is -0.124. The molecule has 0 amide bonds. The van der Waals surface area contributed by atoms with E-state index in [0.717, 1.165) is 15.4 Å². The van der Waals surface area contributed by atoms with E-state index in [4.69, 9.17) is 16.3 Å². The van der Waals surface area contributed by atoms with Gasteiger partial charge in [0.2, 0.25) is 0 Å². The molecule has 1 heterocycles. The number of benzene rings is 1. The summed E-state index contributed by atoms with van der Waals surface area (Å²) in [5.41, 5.74) is 0.696. The quantitative estimate of drug-likeness (QED) is 0.691. The summed E-state index contributed by atoms with van der Waals surface area (Å²) in [4.78, 5) is 16.2. The van der Waals surface area contributed by atoms with Crippen LogP contribution in [0.1, 0.15) is 20.3 Å². The van der Waals surface area contributed by atoms with Crippen LogP contribution < -0.4 is 4.74 Å². The number of ether oxygens (including phenoxy) is 1. The molecule has 20 heavy (non-hydrogen) atoms. The Labute approximate surface area is 136 Å². The molecule has 2 aromatic rings. The molecule has 0 saturated heterocycles. The van der Waals surface area contributed by atoms with Crippen molar-refractivity contribution in [3.63, 3.8) is 0 Å². The average molecular weight is 404 g/mol. The lowest BCUT2D eigenvalue weighted by atomic mass is 10.0. The third-order valence-corrected chi connectivity index (χ3v) is 4.39. The van der Waals surface area contributed by atoms with Gasteiger partial charge >= 0.3 is 0 Å². The molecule has 106 valence electrons. The van der Waals surface area contributed by atoms with Crippen LogP contribution in [-0.2, 0) is 4.79 Å². The molecule has 1 aromatic carbocycles. The SMILES string of the molecule is CCC(C)C(=O)COc1c(I)cc(Cl)c2cccnc12. The first-order valence-corrected chi connectivity index (χ1v) is 7.88. The highest BCUT2D eigenvalue weighted by Crippen LogP contribution is 2.34. The van der Waals surface area contributed by atoms with E-state index in [1.807, 2.05) is 32.0 Å². The van der Waals surface area contributed by atoms with Crippen molar-refractivity contribution < 1.29 is 9.53 Å². The summed E-state index contributed by atoms with van der Waals surface area (Å²) in [7, 11) is 0. The van der Waals surface area contributed by atoms with Gasteiger partial charge in [0, 0.05) is 17.5 Å². The van der Waals surface area contributed by atoms with Gasteiger partial charge in [0.05, 0.1) is 8.59 Å².